The second kappa shape index (κ2) is 13.6. The van der Waals surface area contributed by atoms with Crippen LogP contribution in [0.4, 0.5) is 0 Å². The first-order chi connectivity index (χ1) is 30.7. The van der Waals surface area contributed by atoms with Crippen LogP contribution in [-0.4, -0.2) is 15.0 Å². The molecule has 0 amide bonds. The first-order valence-electron chi connectivity index (χ1n) is 21.1. The van der Waals surface area contributed by atoms with Crippen molar-refractivity contribution in [3.63, 3.8) is 0 Å². The number of hydrogen-bond acceptors (Lipinski definition) is 4. The van der Waals surface area contributed by atoms with E-state index in [9.17, 15) is 0 Å². The van der Waals surface area contributed by atoms with Crippen molar-refractivity contribution in [3.05, 3.63) is 235 Å². The highest BCUT2D eigenvalue weighted by molar-refractivity contribution is 7.25. The molecular weight excluding hydrogens is 771 g/mol. The van der Waals surface area contributed by atoms with E-state index in [0.717, 1.165) is 33.4 Å². The van der Waals surface area contributed by atoms with Crippen molar-refractivity contribution in [2.75, 3.05) is 0 Å². The highest BCUT2D eigenvalue weighted by atomic mass is 32.1. The van der Waals surface area contributed by atoms with Gasteiger partial charge in [-0.25, -0.2) is 15.0 Å². The topological polar surface area (TPSA) is 38.7 Å². The quantitative estimate of drug-likeness (QED) is 0.174. The molecule has 2 heterocycles. The van der Waals surface area contributed by atoms with Crippen LogP contribution < -0.4 is 0 Å². The first-order valence-corrected chi connectivity index (χ1v) is 21.9. The minimum atomic E-state index is -0.362. The predicted octanol–water partition coefficient (Wildman–Crippen LogP) is 14.9. The average molecular weight is 806 g/mol. The second-order valence-corrected chi connectivity index (χ2v) is 17.4. The molecule has 0 radical (unpaired) electrons. The van der Waals surface area contributed by atoms with Gasteiger partial charge in [0.15, 0.2) is 17.5 Å². The predicted molar refractivity (Wildman–Crippen MR) is 256 cm³/mol. The Morgan fingerprint density at radius 3 is 1.44 bits per heavy atom. The summed E-state index contributed by atoms with van der Waals surface area (Å²) < 4.78 is 2.62. The SMILES string of the molecule is c1ccc(-c2nc(-c3ccc(-c4ccc5sc6ccccc6c5c4)cc3)nc(-c3cccc(-c4ccc5c(c4)-c4ccccc4C54c5ccccc5-c5ccccc54)c3)n2)cc1. The zero-order valence-corrected chi connectivity index (χ0v) is 34.3. The van der Waals surface area contributed by atoms with Gasteiger partial charge in [0, 0.05) is 36.9 Å². The van der Waals surface area contributed by atoms with Crippen molar-refractivity contribution >= 4 is 31.5 Å². The smallest absolute Gasteiger partial charge is 0.164 e. The molecule has 9 aromatic carbocycles. The number of rotatable bonds is 5. The molecule has 11 aromatic rings. The number of aromatic nitrogens is 3. The van der Waals surface area contributed by atoms with Gasteiger partial charge in [0.05, 0.1) is 5.41 Å². The van der Waals surface area contributed by atoms with Gasteiger partial charge in [-0.05, 0) is 97.1 Å². The third-order valence-electron chi connectivity index (χ3n) is 13.0. The summed E-state index contributed by atoms with van der Waals surface area (Å²) in [6.45, 7) is 0. The van der Waals surface area contributed by atoms with E-state index in [1.165, 1.54) is 70.2 Å². The van der Waals surface area contributed by atoms with Crippen molar-refractivity contribution in [3.8, 4) is 78.7 Å². The second-order valence-electron chi connectivity index (χ2n) is 16.3. The molecule has 1 spiro atoms. The maximum absolute atomic E-state index is 5.16. The van der Waals surface area contributed by atoms with Crippen LogP contribution in [0.3, 0.4) is 0 Å². The molecule has 4 heteroatoms. The Morgan fingerprint density at radius 1 is 0.274 bits per heavy atom. The minimum absolute atomic E-state index is 0.362. The van der Waals surface area contributed by atoms with Gasteiger partial charge >= 0.3 is 0 Å². The van der Waals surface area contributed by atoms with Crippen molar-refractivity contribution in [2.24, 2.45) is 0 Å². The Balaban J connectivity index is 0.900. The van der Waals surface area contributed by atoms with E-state index >= 15 is 0 Å². The molecule has 3 nitrogen and oxygen atoms in total. The van der Waals surface area contributed by atoms with Gasteiger partial charge in [-0.15, -0.1) is 11.3 Å². The van der Waals surface area contributed by atoms with E-state index in [2.05, 4.69) is 194 Å². The molecule has 62 heavy (non-hydrogen) atoms. The summed E-state index contributed by atoms with van der Waals surface area (Å²) in [5, 5.41) is 2.60. The van der Waals surface area contributed by atoms with Crippen molar-refractivity contribution in [2.45, 2.75) is 5.41 Å². The van der Waals surface area contributed by atoms with E-state index in [4.69, 9.17) is 15.0 Å². The highest BCUT2D eigenvalue weighted by Crippen LogP contribution is 2.63. The molecule has 0 atom stereocenters. The fourth-order valence-electron chi connectivity index (χ4n) is 10.2. The number of nitrogens with zero attached hydrogens (tertiary/aromatic N) is 3. The summed E-state index contributed by atoms with van der Waals surface area (Å²) in [5.74, 6) is 1.92. The van der Waals surface area contributed by atoms with Crippen LogP contribution >= 0.6 is 11.3 Å². The molecule has 0 fully saturated rings. The number of benzene rings is 9. The van der Waals surface area contributed by atoms with Crippen LogP contribution in [0, 0.1) is 0 Å². The van der Waals surface area contributed by atoms with E-state index in [-0.39, 0.29) is 5.41 Å². The normalized spacial score (nSPS) is 13.0. The van der Waals surface area contributed by atoms with Crippen molar-refractivity contribution < 1.29 is 0 Å². The molecule has 0 aliphatic heterocycles. The fraction of sp³-hybridized carbons (Fsp3) is 0.0172. The van der Waals surface area contributed by atoms with Crippen LogP contribution in [0.25, 0.3) is 98.8 Å². The van der Waals surface area contributed by atoms with Crippen LogP contribution in [-0.2, 0) is 5.41 Å². The zero-order chi connectivity index (χ0) is 40.8. The third kappa shape index (κ3) is 5.20. The summed E-state index contributed by atoms with van der Waals surface area (Å²) >= 11 is 1.84. The van der Waals surface area contributed by atoms with Crippen molar-refractivity contribution in [1.29, 1.82) is 0 Å². The molecule has 2 aliphatic rings. The standard InChI is InChI=1S/C58H35N3S/c1-2-13-37(14-3-1)55-59-56(38-27-25-36(26-28-38)40-30-32-54-48(35-40)46-20-7-11-24-53(46)62-54)61-57(60-55)42-16-12-15-39(33-42)41-29-31-52-47(34-41)45-19-6-10-23-51(45)58(52)49-21-8-4-17-43(49)44-18-5-9-22-50(44)58/h1-35H. The molecular formula is C58H35N3S. The molecule has 2 aromatic heterocycles. The Bertz CT molecular complexity index is 3540. The van der Waals surface area contributed by atoms with Crippen LogP contribution in [0.15, 0.2) is 212 Å². The van der Waals surface area contributed by atoms with Gasteiger partial charge in [0.1, 0.15) is 0 Å². The molecule has 13 rings (SSSR count). The van der Waals surface area contributed by atoms with Crippen LogP contribution in [0.2, 0.25) is 0 Å². The van der Waals surface area contributed by atoms with Gasteiger partial charge in [-0.2, -0.15) is 0 Å². The minimum Gasteiger partial charge on any atom is -0.208 e. The van der Waals surface area contributed by atoms with E-state index in [0.29, 0.717) is 17.5 Å². The molecule has 0 saturated heterocycles. The van der Waals surface area contributed by atoms with E-state index < -0.39 is 0 Å². The van der Waals surface area contributed by atoms with Gasteiger partial charge in [-0.1, -0.05) is 182 Å². The first kappa shape index (κ1) is 35.0. The Hall–Kier alpha value is -7.79. The zero-order valence-electron chi connectivity index (χ0n) is 33.5. The molecule has 288 valence electrons. The Morgan fingerprint density at radius 2 is 0.726 bits per heavy atom. The Labute approximate surface area is 363 Å². The highest BCUT2D eigenvalue weighted by Gasteiger charge is 2.51. The summed E-state index contributed by atoms with van der Waals surface area (Å²) in [6.07, 6.45) is 0. The molecule has 0 unspecified atom stereocenters. The summed E-state index contributed by atoms with van der Waals surface area (Å²) in [6, 6.07) is 76.8. The largest absolute Gasteiger partial charge is 0.208 e. The lowest BCUT2D eigenvalue weighted by Gasteiger charge is -2.30. The lowest BCUT2D eigenvalue weighted by Crippen LogP contribution is -2.25. The summed E-state index contributed by atoms with van der Waals surface area (Å²) in [7, 11) is 0. The molecule has 0 N–H and O–H groups in total. The fourth-order valence-corrected chi connectivity index (χ4v) is 11.3. The average Bonchev–Trinajstić information content (AvgIpc) is 3.98. The van der Waals surface area contributed by atoms with Crippen LogP contribution in [0.5, 0.6) is 0 Å². The maximum atomic E-state index is 5.16. The molecule has 0 saturated carbocycles. The van der Waals surface area contributed by atoms with E-state index in [1.807, 2.05) is 29.5 Å². The maximum Gasteiger partial charge on any atom is 0.164 e. The lowest BCUT2D eigenvalue weighted by atomic mass is 9.70. The number of thiophene rings is 1. The van der Waals surface area contributed by atoms with Gasteiger partial charge in [-0.3, -0.25) is 0 Å². The van der Waals surface area contributed by atoms with Gasteiger partial charge in [0.25, 0.3) is 0 Å². The van der Waals surface area contributed by atoms with Gasteiger partial charge < -0.3 is 0 Å². The lowest BCUT2D eigenvalue weighted by molar-refractivity contribution is 0.794. The van der Waals surface area contributed by atoms with E-state index in [1.54, 1.807) is 0 Å². The number of fused-ring (bicyclic) bond motifs is 13. The number of hydrogen-bond donors (Lipinski definition) is 0. The van der Waals surface area contributed by atoms with Gasteiger partial charge in [0.2, 0.25) is 0 Å². The third-order valence-corrected chi connectivity index (χ3v) is 14.1. The molecule has 0 bridgehead atoms. The van der Waals surface area contributed by atoms with Crippen molar-refractivity contribution in [1.82, 2.24) is 15.0 Å². The summed E-state index contributed by atoms with van der Waals surface area (Å²) in [4.78, 5) is 15.3. The summed E-state index contributed by atoms with van der Waals surface area (Å²) in [5.41, 5.74) is 17.6. The monoisotopic (exact) mass is 805 g/mol. The van der Waals surface area contributed by atoms with Crippen LogP contribution in [0.1, 0.15) is 22.3 Å². The molecule has 2 aliphatic carbocycles. The Kier molecular flexibility index (Phi) is 7.69.